The fourth-order valence-corrected chi connectivity index (χ4v) is 6.34. The Kier molecular flexibility index (Phi) is 6.49. The number of nitrogens with zero attached hydrogens (tertiary/aromatic N) is 6. The molecule has 2 aromatic carbocycles. The number of hydrogen-bond donors (Lipinski definition) is 0. The Morgan fingerprint density at radius 3 is 1.78 bits per heavy atom. The summed E-state index contributed by atoms with van der Waals surface area (Å²) in [7, 11) is 0. The van der Waals surface area contributed by atoms with Gasteiger partial charge in [-0.1, -0.05) is 24.3 Å². The van der Waals surface area contributed by atoms with Crippen LogP contribution in [0.5, 0.6) is 0 Å². The van der Waals surface area contributed by atoms with Gasteiger partial charge in [-0.3, -0.25) is 9.97 Å². The van der Waals surface area contributed by atoms with Crippen molar-refractivity contribution in [2.24, 2.45) is 9.98 Å². The molecule has 0 saturated carbocycles. The van der Waals surface area contributed by atoms with Gasteiger partial charge in [-0.05, 0) is 99.0 Å². The van der Waals surface area contributed by atoms with Crippen molar-refractivity contribution in [1.29, 1.82) is 10.5 Å². The number of alkyl halides is 6. The van der Waals surface area contributed by atoms with Gasteiger partial charge < -0.3 is 0 Å². The third kappa shape index (κ3) is 4.66. The number of halogens is 6. The maximum atomic E-state index is 13.3. The highest BCUT2D eigenvalue weighted by Crippen LogP contribution is 2.52. The first-order valence-corrected chi connectivity index (χ1v) is 13.7. The molecule has 3 aliphatic carbocycles. The minimum atomic E-state index is -4.62. The van der Waals surface area contributed by atoms with Crippen LogP contribution in [-0.4, -0.2) is 21.4 Å². The predicted octanol–water partition coefficient (Wildman–Crippen LogP) is 8.28. The number of allylic oxidation sites excluding steroid dienone is 4. The van der Waals surface area contributed by atoms with Crippen LogP contribution in [0, 0.1) is 22.9 Å². The molecule has 0 amide bonds. The minimum absolute atomic E-state index is 0.287. The number of nitriles is 2. The van der Waals surface area contributed by atoms with Crippen molar-refractivity contribution in [2.45, 2.75) is 24.7 Å². The van der Waals surface area contributed by atoms with E-state index in [0.717, 1.165) is 46.8 Å². The average molecular weight is 623 g/mol. The predicted molar refractivity (Wildman–Crippen MR) is 156 cm³/mol. The van der Waals surface area contributed by atoms with Crippen molar-refractivity contribution in [3.63, 3.8) is 0 Å². The van der Waals surface area contributed by atoms with Gasteiger partial charge in [0.15, 0.2) is 0 Å². The van der Waals surface area contributed by atoms with E-state index in [4.69, 9.17) is 0 Å². The number of rotatable bonds is 2. The molecule has 4 aromatic rings. The van der Waals surface area contributed by atoms with E-state index >= 15 is 0 Å². The molecule has 6 nitrogen and oxygen atoms in total. The largest absolute Gasteiger partial charge is 0.433 e. The number of aliphatic imine (C=N–C) groups is 2. The first-order chi connectivity index (χ1) is 22.0. The van der Waals surface area contributed by atoms with Crippen LogP contribution in [0.4, 0.5) is 26.3 Å². The van der Waals surface area contributed by atoms with Gasteiger partial charge in [0.25, 0.3) is 0 Å². The van der Waals surface area contributed by atoms with E-state index in [0.29, 0.717) is 56.8 Å². The Hall–Kier alpha value is -5.88. The lowest BCUT2D eigenvalue weighted by atomic mass is 9.82. The van der Waals surface area contributed by atoms with E-state index in [1.54, 1.807) is 36.4 Å². The molecule has 0 bridgehead atoms. The van der Waals surface area contributed by atoms with Crippen molar-refractivity contribution in [3.8, 4) is 34.6 Å². The van der Waals surface area contributed by atoms with Crippen LogP contribution in [0.15, 0.2) is 100 Å². The molecule has 46 heavy (non-hydrogen) atoms. The van der Waals surface area contributed by atoms with E-state index < -0.39 is 23.7 Å². The van der Waals surface area contributed by atoms with Crippen molar-refractivity contribution in [3.05, 3.63) is 124 Å². The molecule has 2 aromatic heterocycles. The van der Waals surface area contributed by atoms with Gasteiger partial charge >= 0.3 is 12.4 Å². The fraction of sp³-hybridized carbons (Fsp3) is 0.118. The lowest BCUT2D eigenvalue weighted by Gasteiger charge is -2.20. The second kappa shape index (κ2) is 10.3. The molecule has 224 valence electrons. The second-order valence-corrected chi connectivity index (χ2v) is 10.8. The van der Waals surface area contributed by atoms with E-state index in [-0.39, 0.29) is 5.92 Å². The van der Waals surface area contributed by atoms with Gasteiger partial charge in [-0.25, -0.2) is 0 Å². The van der Waals surface area contributed by atoms with Gasteiger partial charge in [0.1, 0.15) is 11.4 Å². The number of hydrogen-bond acceptors (Lipinski definition) is 6. The molecule has 0 saturated heterocycles. The van der Waals surface area contributed by atoms with Crippen LogP contribution in [0.3, 0.4) is 0 Å². The van der Waals surface area contributed by atoms with Crippen molar-refractivity contribution < 1.29 is 26.3 Å². The molecule has 3 aliphatic rings. The molecule has 0 fully saturated rings. The Labute approximate surface area is 257 Å². The normalized spacial score (nSPS) is 18.4. The molecule has 2 heterocycles. The summed E-state index contributed by atoms with van der Waals surface area (Å²) in [6.07, 6.45) is -1.11. The summed E-state index contributed by atoms with van der Waals surface area (Å²) in [5.74, 6) is -0.287. The molecule has 12 heteroatoms. The highest BCUT2D eigenvalue weighted by molar-refractivity contribution is 6.28. The summed E-state index contributed by atoms with van der Waals surface area (Å²) in [6.45, 7) is 0. The van der Waals surface area contributed by atoms with Crippen LogP contribution in [-0.2, 0) is 12.4 Å². The Morgan fingerprint density at radius 2 is 1.20 bits per heavy atom. The quantitative estimate of drug-likeness (QED) is 0.166. The van der Waals surface area contributed by atoms with Crippen LogP contribution < -0.4 is 0 Å². The van der Waals surface area contributed by atoms with E-state index in [1.807, 2.05) is 18.5 Å². The molecule has 0 radical (unpaired) electrons. The first-order valence-electron chi connectivity index (χ1n) is 13.7. The number of benzene rings is 2. The van der Waals surface area contributed by atoms with Crippen LogP contribution >= 0.6 is 0 Å². The molecule has 0 spiro atoms. The summed E-state index contributed by atoms with van der Waals surface area (Å²) in [5, 5.41) is 19.2. The Morgan fingerprint density at radius 1 is 0.652 bits per heavy atom. The molecule has 0 aliphatic heterocycles. The smallest absolute Gasteiger partial charge is 0.252 e. The lowest BCUT2D eigenvalue weighted by Crippen LogP contribution is -2.11. The summed E-state index contributed by atoms with van der Waals surface area (Å²) in [5.41, 5.74) is 5.26. The summed E-state index contributed by atoms with van der Waals surface area (Å²) in [6, 6.07) is 15.2. The Bertz CT molecular complexity index is 2190. The standard InChI is InChI=1S/C34H16F6N6/c35-33(36,37)29-11-19(5-7-43-29)17-1-3-21-23-13-28-24(14-27(23)31(45-15-41)25(21)9-17)22-4-2-18(10-26(22)32(28)46-16-42)20-6-8-44-30(12-20)34(38,39)40/h1-13,24H,14H2/b45-31+,46-32+. The summed E-state index contributed by atoms with van der Waals surface area (Å²) < 4.78 is 80.0. The van der Waals surface area contributed by atoms with Gasteiger partial charge in [0, 0.05) is 29.4 Å². The Balaban J connectivity index is 1.31. The topological polar surface area (TPSA) is 98.1 Å². The lowest BCUT2D eigenvalue weighted by molar-refractivity contribution is -0.141. The minimum Gasteiger partial charge on any atom is -0.252 e. The average Bonchev–Trinajstić information content (AvgIpc) is 3.50. The zero-order chi connectivity index (χ0) is 32.4. The van der Waals surface area contributed by atoms with Crippen LogP contribution in [0.25, 0.3) is 27.8 Å². The van der Waals surface area contributed by atoms with Gasteiger partial charge in [0.05, 0.1) is 11.4 Å². The highest BCUT2D eigenvalue weighted by atomic mass is 19.4. The van der Waals surface area contributed by atoms with Crippen LogP contribution in [0.2, 0.25) is 0 Å². The van der Waals surface area contributed by atoms with E-state index in [2.05, 4.69) is 20.0 Å². The maximum Gasteiger partial charge on any atom is 0.433 e. The third-order valence-corrected chi connectivity index (χ3v) is 8.31. The zero-order valence-corrected chi connectivity index (χ0v) is 23.2. The van der Waals surface area contributed by atoms with Gasteiger partial charge in [-0.2, -0.15) is 46.9 Å². The van der Waals surface area contributed by atoms with Gasteiger partial charge in [0.2, 0.25) is 12.4 Å². The number of aromatic nitrogens is 2. The van der Waals surface area contributed by atoms with Crippen LogP contribution in [0.1, 0.15) is 46.0 Å². The summed E-state index contributed by atoms with van der Waals surface area (Å²) in [4.78, 5) is 15.1. The molecule has 1 atom stereocenters. The molecule has 7 rings (SSSR count). The zero-order valence-electron chi connectivity index (χ0n) is 23.2. The summed E-state index contributed by atoms with van der Waals surface area (Å²) >= 11 is 0. The van der Waals surface area contributed by atoms with Crippen molar-refractivity contribution >= 4 is 17.0 Å². The maximum absolute atomic E-state index is 13.3. The first kappa shape index (κ1) is 28.9. The SMILES string of the molecule is N#C/N=C1/C2=CC3=C(CC2c2ccc(-c4ccnc(C(F)(F)F)c4)cc21)/C(=N/C#N)c1cc(-c2ccnc(C(F)(F)F)c2)ccc13. The third-order valence-electron chi connectivity index (χ3n) is 8.31. The number of pyridine rings is 2. The van der Waals surface area contributed by atoms with Crippen molar-refractivity contribution in [1.82, 2.24) is 9.97 Å². The highest BCUT2D eigenvalue weighted by Gasteiger charge is 2.41. The molecular formula is C34H16F6N6. The number of fused-ring (bicyclic) bond motifs is 5. The van der Waals surface area contributed by atoms with Crippen molar-refractivity contribution in [2.75, 3.05) is 0 Å². The molecule has 1 unspecified atom stereocenters. The molecular weight excluding hydrogens is 606 g/mol. The second-order valence-electron chi connectivity index (χ2n) is 10.8. The van der Waals surface area contributed by atoms with Gasteiger partial charge in [-0.15, -0.1) is 0 Å². The van der Waals surface area contributed by atoms with E-state index in [1.165, 1.54) is 12.1 Å². The van der Waals surface area contributed by atoms with E-state index in [9.17, 15) is 36.9 Å². The monoisotopic (exact) mass is 622 g/mol. The molecule has 0 N–H and O–H groups in total. The fourth-order valence-electron chi connectivity index (χ4n) is 6.34.